The van der Waals surface area contributed by atoms with Crippen LogP contribution in [0.25, 0.3) is 0 Å². The number of aryl methyl sites for hydroxylation is 1. The maximum atomic E-state index is 5.12. The predicted molar refractivity (Wildman–Crippen MR) is 108 cm³/mol. The van der Waals surface area contributed by atoms with Crippen LogP contribution < -0.4 is 10.6 Å². The maximum absolute atomic E-state index is 5.12. The molecule has 138 valence electrons. The van der Waals surface area contributed by atoms with Crippen LogP contribution in [-0.4, -0.2) is 35.2 Å². The molecule has 1 heterocycles. The molecule has 1 aliphatic carbocycles. The molecule has 2 N–H and O–H groups in total. The van der Waals surface area contributed by atoms with Crippen molar-refractivity contribution in [1.82, 2.24) is 20.8 Å². The van der Waals surface area contributed by atoms with Gasteiger partial charge in [-0.05, 0) is 51.4 Å². The second-order valence-corrected chi connectivity index (χ2v) is 6.75. The van der Waals surface area contributed by atoms with E-state index in [1.807, 2.05) is 6.92 Å². The van der Waals surface area contributed by atoms with Crippen LogP contribution in [0.3, 0.4) is 0 Å². The Kier molecular flexibility index (Phi) is 9.61. The van der Waals surface area contributed by atoms with Crippen LogP contribution in [0, 0.1) is 18.8 Å². The Balaban J connectivity index is 0.00000288. The van der Waals surface area contributed by atoms with Crippen LogP contribution in [0.2, 0.25) is 0 Å². The van der Waals surface area contributed by atoms with E-state index in [9.17, 15) is 0 Å². The first-order valence-corrected chi connectivity index (χ1v) is 8.92. The van der Waals surface area contributed by atoms with Gasteiger partial charge in [-0.1, -0.05) is 19.0 Å². The molecule has 0 spiro atoms. The topological polar surface area (TPSA) is 75.3 Å². The lowest BCUT2D eigenvalue weighted by molar-refractivity contribution is 0.250. The summed E-state index contributed by atoms with van der Waals surface area (Å²) >= 11 is 0. The minimum absolute atomic E-state index is 0. The number of rotatable bonds is 6. The van der Waals surface area contributed by atoms with Gasteiger partial charge in [-0.15, -0.1) is 24.0 Å². The fourth-order valence-electron chi connectivity index (χ4n) is 3.15. The number of nitrogens with one attached hydrogen (secondary N) is 2. The van der Waals surface area contributed by atoms with Crippen molar-refractivity contribution in [3.05, 3.63) is 11.7 Å². The van der Waals surface area contributed by atoms with Crippen molar-refractivity contribution in [3.63, 3.8) is 0 Å². The van der Waals surface area contributed by atoms with Crippen LogP contribution in [0.1, 0.15) is 58.2 Å². The van der Waals surface area contributed by atoms with Gasteiger partial charge < -0.3 is 15.2 Å². The molecule has 0 aromatic carbocycles. The normalized spacial score (nSPS) is 21.5. The molecule has 7 heteroatoms. The summed E-state index contributed by atoms with van der Waals surface area (Å²) in [6.07, 6.45) is 5.77. The minimum Gasteiger partial charge on any atom is -0.357 e. The van der Waals surface area contributed by atoms with E-state index in [1.165, 1.54) is 25.7 Å². The number of hydrogen-bond acceptors (Lipinski definition) is 4. The summed E-state index contributed by atoms with van der Waals surface area (Å²) in [6, 6.07) is 0.536. The van der Waals surface area contributed by atoms with E-state index in [0.717, 1.165) is 24.3 Å². The van der Waals surface area contributed by atoms with Crippen molar-refractivity contribution in [2.45, 2.75) is 65.8 Å². The highest BCUT2D eigenvalue weighted by Crippen LogP contribution is 2.29. The van der Waals surface area contributed by atoms with E-state index in [2.05, 4.69) is 46.5 Å². The third-order valence-electron chi connectivity index (χ3n) is 4.56. The summed E-state index contributed by atoms with van der Waals surface area (Å²) in [7, 11) is 0. The van der Waals surface area contributed by atoms with Crippen molar-refractivity contribution in [1.29, 1.82) is 0 Å². The molecule has 6 nitrogen and oxygen atoms in total. The monoisotopic (exact) mass is 449 g/mol. The average molecular weight is 449 g/mol. The highest BCUT2D eigenvalue weighted by atomic mass is 127. The molecule has 1 aliphatic rings. The van der Waals surface area contributed by atoms with E-state index in [-0.39, 0.29) is 24.0 Å². The van der Waals surface area contributed by atoms with Gasteiger partial charge in [-0.25, -0.2) is 0 Å². The molecule has 1 aromatic heterocycles. The summed E-state index contributed by atoms with van der Waals surface area (Å²) in [4.78, 5) is 8.84. The first-order valence-electron chi connectivity index (χ1n) is 8.92. The summed E-state index contributed by atoms with van der Waals surface area (Å²) in [5.74, 6) is 3.91. The summed E-state index contributed by atoms with van der Waals surface area (Å²) < 4.78 is 5.12. The molecule has 0 saturated heterocycles. The zero-order valence-corrected chi connectivity index (χ0v) is 17.7. The van der Waals surface area contributed by atoms with Gasteiger partial charge in [0.15, 0.2) is 11.8 Å². The van der Waals surface area contributed by atoms with Crippen LogP contribution in [0.4, 0.5) is 0 Å². The summed E-state index contributed by atoms with van der Waals surface area (Å²) in [6.45, 7) is 10.1. The SMILES string of the molecule is CCNC(=NCCc1nc(C)no1)NC1CCC(C(C)C)CC1.I. The molecular formula is C17H32IN5O. The maximum Gasteiger partial charge on any atom is 0.228 e. The highest BCUT2D eigenvalue weighted by Gasteiger charge is 2.23. The molecule has 1 fully saturated rings. The zero-order chi connectivity index (χ0) is 16.7. The van der Waals surface area contributed by atoms with Crippen molar-refractivity contribution >= 4 is 29.9 Å². The Morgan fingerprint density at radius 2 is 2.00 bits per heavy atom. The Hall–Kier alpha value is -0.860. The van der Waals surface area contributed by atoms with Gasteiger partial charge in [0.05, 0.1) is 6.54 Å². The lowest BCUT2D eigenvalue weighted by Gasteiger charge is -2.32. The second kappa shape index (κ2) is 10.9. The quantitative estimate of drug-likeness (QED) is 0.396. The number of nitrogens with zero attached hydrogens (tertiary/aromatic N) is 3. The molecule has 1 aromatic rings. The Labute approximate surface area is 162 Å². The summed E-state index contributed by atoms with van der Waals surface area (Å²) in [5, 5.41) is 10.7. The van der Waals surface area contributed by atoms with Crippen molar-refractivity contribution in [2.75, 3.05) is 13.1 Å². The number of aliphatic imine (C=N–C) groups is 1. The van der Waals surface area contributed by atoms with Crippen molar-refractivity contribution in [3.8, 4) is 0 Å². The van der Waals surface area contributed by atoms with E-state index in [1.54, 1.807) is 0 Å². The van der Waals surface area contributed by atoms with Crippen LogP contribution >= 0.6 is 24.0 Å². The Morgan fingerprint density at radius 3 is 2.54 bits per heavy atom. The molecule has 0 atom stereocenters. The molecule has 0 bridgehead atoms. The Morgan fingerprint density at radius 1 is 1.29 bits per heavy atom. The molecule has 0 unspecified atom stereocenters. The fraction of sp³-hybridized carbons (Fsp3) is 0.824. The lowest BCUT2D eigenvalue weighted by atomic mass is 9.80. The predicted octanol–water partition coefficient (Wildman–Crippen LogP) is 3.31. The minimum atomic E-state index is 0. The number of hydrogen-bond donors (Lipinski definition) is 2. The molecule has 0 radical (unpaired) electrons. The van der Waals surface area contributed by atoms with Crippen LogP contribution in [0.15, 0.2) is 9.52 Å². The highest BCUT2D eigenvalue weighted by molar-refractivity contribution is 14.0. The number of guanidine groups is 1. The molecular weight excluding hydrogens is 417 g/mol. The largest absolute Gasteiger partial charge is 0.357 e. The van der Waals surface area contributed by atoms with Gasteiger partial charge in [0.2, 0.25) is 5.89 Å². The smallest absolute Gasteiger partial charge is 0.228 e. The number of aromatic nitrogens is 2. The summed E-state index contributed by atoms with van der Waals surface area (Å²) in [5.41, 5.74) is 0. The van der Waals surface area contributed by atoms with Crippen molar-refractivity contribution < 1.29 is 4.52 Å². The lowest BCUT2D eigenvalue weighted by Crippen LogP contribution is -2.45. The zero-order valence-electron chi connectivity index (χ0n) is 15.3. The van der Waals surface area contributed by atoms with Gasteiger partial charge >= 0.3 is 0 Å². The molecule has 24 heavy (non-hydrogen) atoms. The molecule has 0 aliphatic heterocycles. The standard InChI is InChI=1S/C17H31N5O.HI/c1-5-18-17(19-11-10-16-20-13(4)22-23-16)21-15-8-6-14(7-9-15)12(2)3;/h12,14-15H,5-11H2,1-4H3,(H2,18,19,21);1H. The third kappa shape index (κ3) is 6.94. The van der Waals surface area contributed by atoms with E-state index in [4.69, 9.17) is 4.52 Å². The van der Waals surface area contributed by atoms with E-state index >= 15 is 0 Å². The first kappa shape index (κ1) is 21.2. The average Bonchev–Trinajstić information content (AvgIpc) is 2.93. The van der Waals surface area contributed by atoms with Gasteiger partial charge in [-0.3, -0.25) is 4.99 Å². The Bertz CT molecular complexity index is 495. The first-order chi connectivity index (χ1) is 11.1. The molecule has 0 amide bonds. The van der Waals surface area contributed by atoms with E-state index in [0.29, 0.717) is 30.7 Å². The van der Waals surface area contributed by atoms with Gasteiger partial charge in [0.1, 0.15) is 0 Å². The molecule has 2 rings (SSSR count). The van der Waals surface area contributed by atoms with Crippen LogP contribution in [0.5, 0.6) is 0 Å². The fourth-order valence-corrected chi connectivity index (χ4v) is 3.15. The number of halogens is 1. The van der Waals surface area contributed by atoms with Gasteiger partial charge in [-0.2, -0.15) is 4.98 Å². The third-order valence-corrected chi connectivity index (χ3v) is 4.56. The van der Waals surface area contributed by atoms with E-state index < -0.39 is 0 Å². The second-order valence-electron chi connectivity index (χ2n) is 6.75. The van der Waals surface area contributed by atoms with Gasteiger partial charge in [0, 0.05) is 19.0 Å². The molecule has 1 saturated carbocycles. The van der Waals surface area contributed by atoms with Crippen LogP contribution in [-0.2, 0) is 6.42 Å². The van der Waals surface area contributed by atoms with Crippen molar-refractivity contribution in [2.24, 2.45) is 16.8 Å². The van der Waals surface area contributed by atoms with Gasteiger partial charge in [0.25, 0.3) is 0 Å².